The van der Waals surface area contributed by atoms with Crippen LogP contribution in [-0.2, 0) is 21.9 Å². The highest BCUT2D eigenvalue weighted by molar-refractivity contribution is 6.31. The van der Waals surface area contributed by atoms with Gasteiger partial charge < -0.3 is 20.1 Å². The molecule has 0 aliphatic carbocycles. The average Bonchev–Trinajstić information content (AvgIpc) is 2.75. The molecule has 2 aromatic carbocycles. The number of esters is 1. The van der Waals surface area contributed by atoms with Gasteiger partial charge in [-0.05, 0) is 63.1 Å². The SMILES string of the molecule is CC(C)[C@H](NC(=O)OC(C)(C)C)C(=O)Oc1ccc(Cl)cc1C(=O)Nc1cc(C(F)(F)F)cc(C(F)(F)F)c1. The third kappa shape index (κ3) is 9.34. The van der Waals surface area contributed by atoms with Crippen LogP contribution in [0.4, 0.5) is 36.8 Å². The summed E-state index contributed by atoms with van der Waals surface area (Å²) in [6, 6.07) is 2.65. The minimum absolute atomic E-state index is 0.0488. The summed E-state index contributed by atoms with van der Waals surface area (Å²) in [4.78, 5) is 38.0. The van der Waals surface area contributed by atoms with Crippen molar-refractivity contribution >= 4 is 35.3 Å². The van der Waals surface area contributed by atoms with Crippen LogP contribution in [0.15, 0.2) is 36.4 Å². The maximum Gasteiger partial charge on any atom is 0.416 e. The van der Waals surface area contributed by atoms with E-state index in [1.165, 1.54) is 6.07 Å². The molecule has 0 aromatic heterocycles. The van der Waals surface area contributed by atoms with Gasteiger partial charge in [0.15, 0.2) is 0 Å². The minimum Gasteiger partial charge on any atom is -0.444 e. The molecule has 1 atom stereocenters. The van der Waals surface area contributed by atoms with Crippen LogP contribution in [0.3, 0.4) is 0 Å². The van der Waals surface area contributed by atoms with E-state index in [-0.39, 0.29) is 11.1 Å². The zero-order valence-corrected chi connectivity index (χ0v) is 22.1. The number of hydrogen-bond donors (Lipinski definition) is 2. The Bertz CT molecular complexity index is 1210. The van der Waals surface area contributed by atoms with Crippen molar-refractivity contribution in [2.75, 3.05) is 5.32 Å². The molecule has 7 nitrogen and oxygen atoms in total. The van der Waals surface area contributed by atoms with Crippen LogP contribution >= 0.6 is 11.6 Å². The van der Waals surface area contributed by atoms with Gasteiger partial charge in [-0.25, -0.2) is 9.59 Å². The maximum absolute atomic E-state index is 13.2. The van der Waals surface area contributed by atoms with Gasteiger partial charge in [0.05, 0.1) is 16.7 Å². The number of alkyl halides is 6. The first-order valence-corrected chi connectivity index (χ1v) is 11.7. The molecule has 0 fully saturated rings. The van der Waals surface area contributed by atoms with Crippen LogP contribution in [-0.4, -0.2) is 29.6 Å². The number of alkyl carbamates (subject to hydrolysis) is 1. The molecule has 0 aliphatic rings. The quantitative estimate of drug-likeness (QED) is 0.216. The fraction of sp³-hybridized carbons (Fsp3) is 0.400. The van der Waals surface area contributed by atoms with Gasteiger partial charge in [-0.1, -0.05) is 25.4 Å². The number of amides is 2. The van der Waals surface area contributed by atoms with Crippen molar-refractivity contribution in [3.8, 4) is 5.75 Å². The maximum atomic E-state index is 13.2. The van der Waals surface area contributed by atoms with Crippen molar-refractivity contribution in [3.05, 3.63) is 58.1 Å². The molecule has 0 aliphatic heterocycles. The number of rotatable bonds is 6. The first kappa shape index (κ1) is 31.7. The van der Waals surface area contributed by atoms with Gasteiger partial charge in [-0.3, -0.25) is 4.79 Å². The minimum atomic E-state index is -5.13. The molecule has 0 unspecified atom stereocenters. The van der Waals surface area contributed by atoms with E-state index in [1.807, 2.05) is 5.32 Å². The monoisotopic (exact) mass is 582 g/mol. The molecular formula is C25H25ClF6N2O5. The lowest BCUT2D eigenvalue weighted by atomic mass is 10.0. The number of carbonyl (C=O) groups is 3. The predicted molar refractivity (Wildman–Crippen MR) is 129 cm³/mol. The Balaban J connectivity index is 2.38. The van der Waals surface area contributed by atoms with Crippen molar-refractivity contribution < 1.29 is 50.2 Å². The molecule has 39 heavy (non-hydrogen) atoms. The van der Waals surface area contributed by atoms with E-state index in [0.29, 0.717) is 12.1 Å². The van der Waals surface area contributed by atoms with E-state index in [9.17, 15) is 40.7 Å². The van der Waals surface area contributed by atoms with Crippen molar-refractivity contribution in [1.29, 1.82) is 0 Å². The first-order valence-electron chi connectivity index (χ1n) is 11.3. The number of hydrogen-bond acceptors (Lipinski definition) is 5. The van der Waals surface area contributed by atoms with Gasteiger partial charge in [-0.15, -0.1) is 0 Å². The fourth-order valence-electron chi connectivity index (χ4n) is 3.10. The van der Waals surface area contributed by atoms with Crippen LogP contribution in [0.1, 0.15) is 56.1 Å². The third-order valence-electron chi connectivity index (χ3n) is 4.84. The van der Waals surface area contributed by atoms with Gasteiger partial charge in [0, 0.05) is 10.7 Å². The summed E-state index contributed by atoms with van der Waals surface area (Å²) in [6.45, 7) is 8.00. The zero-order valence-electron chi connectivity index (χ0n) is 21.3. The summed E-state index contributed by atoms with van der Waals surface area (Å²) >= 11 is 5.92. The van der Waals surface area contributed by atoms with Crippen LogP contribution < -0.4 is 15.4 Å². The van der Waals surface area contributed by atoms with E-state index < -0.39 is 76.0 Å². The molecule has 2 amide bonds. The Hall–Kier alpha value is -3.48. The van der Waals surface area contributed by atoms with E-state index in [2.05, 4.69) is 5.32 Å². The Labute approximate surface area is 224 Å². The topological polar surface area (TPSA) is 93.7 Å². The average molecular weight is 583 g/mol. The summed E-state index contributed by atoms with van der Waals surface area (Å²) in [6.07, 6.45) is -11.2. The summed E-state index contributed by atoms with van der Waals surface area (Å²) < 4.78 is 89.5. The highest BCUT2D eigenvalue weighted by Crippen LogP contribution is 2.38. The molecular weight excluding hydrogens is 558 g/mol. The summed E-state index contributed by atoms with van der Waals surface area (Å²) in [5.74, 6) is -3.17. The van der Waals surface area contributed by atoms with Crippen LogP contribution in [0, 0.1) is 5.92 Å². The Kier molecular flexibility index (Phi) is 9.54. The molecule has 214 valence electrons. The van der Waals surface area contributed by atoms with Crippen LogP contribution in [0.2, 0.25) is 5.02 Å². The molecule has 0 saturated carbocycles. The summed E-state index contributed by atoms with van der Waals surface area (Å²) in [5, 5.41) is 4.26. The van der Waals surface area contributed by atoms with Crippen molar-refractivity contribution in [2.45, 2.75) is 58.6 Å². The lowest BCUT2D eigenvalue weighted by Gasteiger charge is -2.24. The second kappa shape index (κ2) is 11.7. The first-order chi connectivity index (χ1) is 17.7. The zero-order chi connectivity index (χ0) is 29.9. The van der Waals surface area contributed by atoms with E-state index in [1.54, 1.807) is 34.6 Å². The smallest absolute Gasteiger partial charge is 0.416 e. The van der Waals surface area contributed by atoms with Gasteiger partial charge in [0.25, 0.3) is 5.91 Å². The largest absolute Gasteiger partial charge is 0.444 e. The highest BCUT2D eigenvalue weighted by atomic mass is 35.5. The second-order valence-electron chi connectivity index (χ2n) is 9.68. The van der Waals surface area contributed by atoms with E-state index in [0.717, 1.165) is 12.1 Å². The molecule has 0 spiro atoms. The molecule has 2 N–H and O–H groups in total. The Morgan fingerprint density at radius 2 is 1.41 bits per heavy atom. The summed E-state index contributed by atoms with van der Waals surface area (Å²) in [7, 11) is 0. The van der Waals surface area contributed by atoms with Crippen molar-refractivity contribution in [1.82, 2.24) is 5.32 Å². The number of halogens is 7. The van der Waals surface area contributed by atoms with Crippen LogP contribution in [0.25, 0.3) is 0 Å². The van der Waals surface area contributed by atoms with Crippen molar-refractivity contribution in [3.63, 3.8) is 0 Å². The van der Waals surface area contributed by atoms with Gasteiger partial charge in [-0.2, -0.15) is 26.3 Å². The summed E-state index contributed by atoms with van der Waals surface area (Å²) in [5.41, 5.74) is -5.43. The normalized spacial score (nSPS) is 13.1. The standard InChI is InChI=1S/C25H25ClF6N2O5/c1-12(2)19(34-22(37)39-23(3,4)5)21(36)38-18-7-6-15(26)11-17(18)20(35)33-16-9-13(24(27,28)29)8-14(10-16)25(30,31)32/h6-12,19H,1-5H3,(H,33,35)(H,34,37)/t19-/m0/s1. The molecule has 0 bridgehead atoms. The lowest BCUT2D eigenvalue weighted by molar-refractivity contribution is -0.143. The van der Waals surface area contributed by atoms with Crippen molar-refractivity contribution in [2.24, 2.45) is 5.92 Å². The molecule has 0 heterocycles. The number of carbonyl (C=O) groups excluding carboxylic acids is 3. The number of ether oxygens (including phenoxy) is 2. The highest BCUT2D eigenvalue weighted by Gasteiger charge is 2.37. The Morgan fingerprint density at radius 3 is 1.87 bits per heavy atom. The van der Waals surface area contributed by atoms with Gasteiger partial charge in [0.2, 0.25) is 0 Å². The second-order valence-corrected chi connectivity index (χ2v) is 10.1. The van der Waals surface area contributed by atoms with Gasteiger partial charge in [0.1, 0.15) is 17.4 Å². The number of anilines is 1. The lowest BCUT2D eigenvalue weighted by Crippen LogP contribution is -2.48. The molecule has 14 heteroatoms. The molecule has 0 saturated heterocycles. The predicted octanol–water partition coefficient (Wildman–Crippen LogP) is 7.08. The molecule has 2 rings (SSSR count). The van der Waals surface area contributed by atoms with E-state index in [4.69, 9.17) is 21.1 Å². The number of nitrogens with one attached hydrogen (secondary N) is 2. The molecule has 2 aromatic rings. The fourth-order valence-corrected chi connectivity index (χ4v) is 3.27. The van der Waals surface area contributed by atoms with Gasteiger partial charge >= 0.3 is 24.4 Å². The number of benzene rings is 2. The van der Waals surface area contributed by atoms with E-state index >= 15 is 0 Å². The third-order valence-corrected chi connectivity index (χ3v) is 5.07. The Morgan fingerprint density at radius 1 is 0.872 bits per heavy atom. The molecule has 0 radical (unpaired) electrons. The van der Waals surface area contributed by atoms with Crippen LogP contribution in [0.5, 0.6) is 5.75 Å².